The van der Waals surface area contributed by atoms with E-state index in [0.29, 0.717) is 6.54 Å². The van der Waals surface area contributed by atoms with E-state index in [2.05, 4.69) is 15.5 Å². The zero-order chi connectivity index (χ0) is 14.3. The summed E-state index contributed by atoms with van der Waals surface area (Å²) in [7, 11) is 0. The summed E-state index contributed by atoms with van der Waals surface area (Å²) < 4.78 is 4.99. The molecule has 0 bridgehead atoms. The Morgan fingerprint density at radius 2 is 2.00 bits per heavy atom. The molecule has 0 spiro atoms. The third kappa shape index (κ3) is 5.14. The molecule has 2 amide bonds. The fourth-order valence-corrected chi connectivity index (χ4v) is 1.99. The van der Waals surface area contributed by atoms with Gasteiger partial charge >= 0.3 is 0 Å². The first kappa shape index (κ1) is 15.9. The Bertz CT molecular complexity index is 314. The van der Waals surface area contributed by atoms with Gasteiger partial charge in [0.05, 0.1) is 12.1 Å². The third-order valence-electron chi connectivity index (χ3n) is 3.24. The fourth-order valence-electron chi connectivity index (χ4n) is 1.99. The van der Waals surface area contributed by atoms with Crippen molar-refractivity contribution in [2.24, 2.45) is 5.73 Å². The number of hydrogen-bond acceptors (Lipinski definition) is 5. The van der Waals surface area contributed by atoms with Gasteiger partial charge in [-0.05, 0) is 13.8 Å². The molecule has 0 aromatic carbocycles. The highest BCUT2D eigenvalue weighted by Crippen LogP contribution is 2.14. The zero-order valence-electron chi connectivity index (χ0n) is 11.7. The van der Waals surface area contributed by atoms with E-state index in [9.17, 15) is 9.59 Å². The summed E-state index contributed by atoms with van der Waals surface area (Å²) in [6.07, 6.45) is 0. The molecule has 4 N–H and O–H groups in total. The lowest BCUT2D eigenvalue weighted by atomic mass is 10.0. The molecular formula is C12H24N4O3. The quantitative estimate of drug-likeness (QED) is 0.479. The highest BCUT2D eigenvalue weighted by Gasteiger charge is 2.34. The number of carbonyl (C=O) groups is 2. The molecule has 1 rings (SSSR count). The Labute approximate surface area is 113 Å². The molecule has 1 saturated heterocycles. The molecule has 0 aromatic heterocycles. The summed E-state index contributed by atoms with van der Waals surface area (Å²) >= 11 is 0. The summed E-state index contributed by atoms with van der Waals surface area (Å²) in [5.74, 6) is -0.537. The molecule has 7 heteroatoms. The van der Waals surface area contributed by atoms with Crippen molar-refractivity contribution < 1.29 is 14.3 Å². The monoisotopic (exact) mass is 272 g/mol. The van der Waals surface area contributed by atoms with Gasteiger partial charge in [0.15, 0.2) is 0 Å². The van der Waals surface area contributed by atoms with Crippen LogP contribution in [0.25, 0.3) is 0 Å². The average Bonchev–Trinajstić information content (AvgIpc) is 2.38. The molecular weight excluding hydrogens is 248 g/mol. The van der Waals surface area contributed by atoms with Crippen molar-refractivity contribution in [1.29, 1.82) is 0 Å². The lowest BCUT2D eigenvalue weighted by molar-refractivity contribution is -0.132. The lowest BCUT2D eigenvalue weighted by Crippen LogP contribution is -2.60. The number of primary amides is 1. The van der Waals surface area contributed by atoms with Crippen LogP contribution in [0.4, 0.5) is 0 Å². The number of nitrogens with one attached hydrogen (secondary N) is 2. The van der Waals surface area contributed by atoms with Gasteiger partial charge in [0.1, 0.15) is 6.61 Å². The Balaban J connectivity index is 2.28. The van der Waals surface area contributed by atoms with Gasteiger partial charge < -0.3 is 21.1 Å². The van der Waals surface area contributed by atoms with Gasteiger partial charge in [0.2, 0.25) is 11.8 Å². The van der Waals surface area contributed by atoms with Gasteiger partial charge in [-0.25, -0.2) is 0 Å². The van der Waals surface area contributed by atoms with E-state index in [1.54, 1.807) is 0 Å². The van der Waals surface area contributed by atoms with Crippen LogP contribution in [0.5, 0.6) is 0 Å². The first-order valence-corrected chi connectivity index (χ1v) is 6.54. The third-order valence-corrected chi connectivity index (χ3v) is 3.24. The Morgan fingerprint density at radius 1 is 1.37 bits per heavy atom. The molecule has 1 aliphatic rings. The maximum Gasteiger partial charge on any atom is 0.243 e. The molecule has 0 aliphatic carbocycles. The Hall–Kier alpha value is -1.18. The number of hydrogen-bond donors (Lipinski definition) is 3. The van der Waals surface area contributed by atoms with E-state index >= 15 is 0 Å². The van der Waals surface area contributed by atoms with Gasteiger partial charge in [0, 0.05) is 32.7 Å². The van der Waals surface area contributed by atoms with Crippen LogP contribution in [0, 0.1) is 0 Å². The summed E-state index contributed by atoms with van der Waals surface area (Å²) in [6.45, 7) is 7.90. The predicted octanol–water partition coefficient (Wildman–Crippen LogP) is -1.71. The molecule has 0 radical (unpaired) electrons. The van der Waals surface area contributed by atoms with Crippen molar-refractivity contribution in [3.63, 3.8) is 0 Å². The SMILES string of the molecule is CC(C)(C(=O)NCCOCC(N)=O)N1CCNCC1. The van der Waals surface area contributed by atoms with Crippen LogP contribution < -0.4 is 16.4 Å². The second kappa shape index (κ2) is 7.42. The van der Waals surface area contributed by atoms with Crippen molar-refractivity contribution in [2.75, 3.05) is 45.9 Å². The van der Waals surface area contributed by atoms with Crippen molar-refractivity contribution >= 4 is 11.8 Å². The fraction of sp³-hybridized carbons (Fsp3) is 0.833. The van der Waals surface area contributed by atoms with Crippen LogP contribution in [0.1, 0.15) is 13.8 Å². The summed E-state index contributed by atoms with van der Waals surface area (Å²) in [5, 5.41) is 6.07. The van der Waals surface area contributed by atoms with Crippen LogP contribution in [0.3, 0.4) is 0 Å². The van der Waals surface area contributed by atoms with Crippen molar-refractivity contribution in [2.45, 2.75) is 19.4 Å². The van der Waals surface area contributed by atoms with Crippen molar-refractivity contribution in [3.05, 3.63) is 0 Å². The number of piperazine rings is 1. The van der Waals surface area contributed by atoms with E-state index in [0.717, 1.165) is 26.2 Å². The normalized spacial score (nSPS) is 17.2. The van der Waals surface area contributed by atoms with Gasteiger partial charge in [-0.2, -0.15) is 0 Å². The molecule has 0 saturated carbocycles. The number of nitrogens with zero attached hydrogens (tertiary/aromatic N) is 1. The van der Waals surface area contributed by atoms with E-state index in [4.69, 9.17) is 10.5 Å². The molecule has 0 unspecified atom stereocenters. The largest absolute Gasteiger partial charge is 0.370 e. The second-order valence-electron chi connectivity index (χ2n) is 5.07. The summed E-state index contributed by atoms with van der Waals surface area (Å²) in [6, 6.07) is 0. The summed E-state index contributed by atoms with van der Waals surface area (Å²) in [4.78, 5) is 24.8. The zero-order valence-corrected chi connectivity index (χ0v) is 11.7. The van der Waals surface area contributed by atoms with Crippen molar-refractivity contribution in [1.82, 2.24) is 15.5 Å². The molecule has 110 valence electrons. The van der Waals surface area contributed by atoms with E-state index in [-0.39, 0.29) is 19.1 Å². The number of nitrogens with two attached hydrogens (primary N) is 1. The maximum atomic E-state index is 12.1. The van der Waals surface area contributed by atoms with Gasteiger partial charge in [0.25, 0.3) is 0 Å². The first-order valence-electron chi connectivity index (χ1n) is 6.54. The van der Waals surface area contributed by atoms with Gasteiger partial charge in [-0.15, -0.1) is 0 Å². The van der Waals surface area contributed by atoms with E-state index in [1.807, 2.05) is 13.8 Å². The molecule has 0 aromatic rings. The molecule has 1 fully saturated rings. The minimum Gasteiger partial charge on any atom is -0.370 e. The van der Waals surface area contributed by atoms with Gasteiger partial charge in [-0.3, -0.25) is 14.5 Å². The molecule has 1 aliphatic heterocycles. The minimum atomic E-state index is -0.536. The Morgan fingerprint density at radius 3 is 2.58 bits per heavy atom. The van der Waals surface area contributed by atoms with E-state index < -0.39 is 11.4 Å². The van der Waals surface area contributed by atoms with Crippen LogP contribution in [-0.2, 0) is 14.3 Å². The van der Waals surface area contributed by atoms with Crippen molar-refractivity contribution in [3.8, 4) is 0 Å². The van der Waals surface area contributed by atoms with Crippen LogP contribution >= 0.6 is 0 Å². The van der Waals surface area contributed by atoms with Crippen LogP contribution in [0.2, 0.25) is 0 Å². The molecule has 1 heterocycles. The minimum absolute atomic E-state index is 0.0305. The van der Waals surface area contributed by atoms with Gasteiger partial charge in [-0.1, -0.05) is 0 Å². The standard InChI is InChI=1S/C12H24N4O3/c1-12(2,16-6-3-14-4-7-16)11(18)15-5-8-19-9-10(13)17/h14H,3-9H2,1-2H3,(H2,13,17)(H,15,18). The lowest BCUT2D eigenvalue weighted by Gasteiger charge is -2.39. The predicted molar refractivity (Wildman–Crippen MR) is 71.5 cm³/mol. The highest BCUT2D eigenvalue weighted by atomic mass is 16.5. The number of ether oxygens (including phenoxy) is 1. The van der Waals surface area contributed by atoms with Crippen LogP contribution in [-0.4, -0.2) is 68.2 Å². The number of carbonyl (C=O) groups excluding carboxylic acids is 2. The molecule has 0 atom stereocenters. The number of rotatable bonds is 7. The Kier molecular flexibility index (Phi) is 6.20. The smallest absolute Gasteiger partial charge is 0.243 e. The topological polar surface area (TPSA) is 96.7 Å². The molecule has 19 heavy (non-hydrogen) atoms. The number of amides is 2. The highest BCUT2D eigenvalue weighted by molar-refractivity contribution is 5.85. The summed E-state index contributed by atoms with van der Waals surface area (Å²) in [5.41, 5.74) is 4.40. The maximum absolute atomic E-state index is 12.1. The first-order chi connectivity index (χ1) is 8.94. The van der Waals surface area contributed by atoms with Crippen LogP contribution in [0.15, 0.2) is 0 Å². The van der Waals surface area contributed by atoms with E-state index in [1.165, 1.54) is 0 Å². The molecule has 7 nitrogen and oxygen atoms in total. The average molecular weight is 272 g/mol. The second-order valence-corrected chi connectivity index (χ2v) is 5.07.